The molecule has 2 unspecified atom stereocenters. The molecule has 1 saturated carbocycles. The molecule has 0 radical (unpaired) electrons. The van der Waals surface area contributed by atoms with Crippen LogP contribution in [0.1, 0.15) is 45.1 Å². The van der Waals surface area contributed by atoms with Gasteiger partial charge in [0.2, 0.25) is 0 Å². The number of benzene rings is 1. The van der Waals surface area contributed by atoms with Crippen LogP contribution in [0.2, 0.25) is 0 Å². The Morgan fingerprint density at radius 3 is 2.73 bits per heavy atom. The van der Waals surface area contributed by atoms with Crippen molar-refractivity contribution in [2.24, 2.45) is 17.6 Å². The zero-order valence-corrected chi connectivity index (χ0v) is 13.4. The molecule has 2 aliphatic rings. The molecule has 2 atom stereocenters. The van der Waals surface area contributed by atoms with Gasteiger partial charge in [0, 0.05) is 12.6 Å². The van der Waals surface area contributed by atoms with Gasteiger partial charge < -0.3 is 5.73 Å². The summed E-state index contributed by atoms with van der Waals surface area (Å²) in [5, 5.41) is 2.22. The lowest BCUT2D eigenvalue weighted by Crippen LogP contribution is -2.26. The lowest BCUT2D eigenvalue weighted by atomic mass is 9.92. The first-order valence-electron chi connectivity index (χ1n) is 8.17. The van der Waals surface area contributed by atoms with Crippen molar-refractivity contribution in [3.63, 3.8) is 0 Å². The molecule has 0 saturated heterocycles. The summed E-state index contributed by atoms with van der Waals surface area (Å²) in [6, 6.07) is 6.28. The van der Waals surface area contributed by atoms with Gasteiger partial charge in [-0.2, -0.15) is 0 Å². The summed E-state index contributed by atoms with van der Waals surface area (Å²) in [7, 11) is 0. The standard InChI is InChI=1S/C20H24FN/c1-13-3-8-19(21)11-20(13)17-7-5-15(18(10-17)12-22)4-6-16-9-14(16)2/h4-5,7,10-12,14,16H,3,6,8-9,22H2,1-2H3/b15-4-,18-12-. The van der Waals surface area contributed by atoms with Gasteiger partial charge >= 0.3 is 0 Å². The van der Waals surface area contributed by atoms with Crippen molar-refractivity contribution in [1.29, 1.82) is 0 Å². The third-order valence-corrected chi connectivity index (χ3v) is 4.99. The molecule has 0 amide bonds. The van der Waals surface area contributed by atoms with Gasteiger partial charge in [-0.05, 0) is 71.7 Å². The summed E-state index contributed by atoms with van der Waals surface area (Å²) in [6.45, 7) is 4.38. The Balaban J connectivity index is 1.96. The second kappa shape index (κ2) is 6.12. The summed E-state index contributed by atoms with van der Waals surface area (Å²) in [5.41, 5.74) is 9.12. The van der Waals surface area contributed by atoms with Crippen LogP contribution in [0, 0.1) is 11.8 Å². The van der Waals surface area contributed by atoms with Crippen molar-refractivity contribution in [3.8, 4) is 0 Å². The van der Waals surface area contributed by atoms with Gasteiger partial charge in [-0.3, -0.25) is 0 Å². The van der Waals surface area contributed by atoms with Gasteiger partial charge in [-0.15, -0.1) is 0 Å². The van der Waals surface area contributed by atoms with Crippen LogP contribution in [0.5, 0.6) is 0 Å². The molecule has 0 heterocycles. The summed E-state index contributed by atoms with van der Waals surface area (Å²) >= 11 is 0. The highest BCUT2D eigenvalue weighted by molar-refractivity contribution is 5.78. The Kier molecular flexibility index (Phi) is 4.19. The third kappa shape index (κ3) is 3.16. The molecule has 2 heteroatoms. The number of nitrogens with two attached hydrogens (primary N) is 1. The summed E-state index contributed by atoms with van der Waals surface area (Å²) in [6.07, 6.45) is 9.40. The minimum absolute atomic E-state index is 0.0303. The SMILES string of the molecule is CC1=C(c2ccc(=C/CC3CC3C)/c(=C\N)c2)C=C(F)CC1. The first-order chi connectivity index (χ1) is 10.6. The average Bonchev–Trinajstić information content (AvgIpc) is 3.23. The number of rotatable bonds is 3. The molecular formula is C20H24FN. The number of hydrogen-bond acceptors (Lipinski definition) is 1. The van der Waals surface area contributed by atoms with E-state index >= 15 is 0 Å². The maximum absolute atomic E-state index is 13.6. The minimum atomic E-state index is -0.0303. The first kappa shape index (κ1) is 15.1. The van der Waals surface area contributed by atoms with Crippen LogP contribution in [-0.2, 0) is 0 Å². The second-order valence-electron chi connectivity index (χ2n) is 6.71. The van der Waals surface area contributed by atoms with Crippen LogP contribution in [-0.4, -0.2) is 0 Å². The molecule has 22 heavy (non-hydrogen) atoms. The Labute approximate surface area is 131 Å². The molecule has 1 fully saturated rings. The van der Waals surface area contributed by atoms with Crippen molar-refractivity contribution < 1.29 is 4.39 Å². The molecule has 1 aromatic rings. The molecule has 0 aliphatic heterocycles. The summed E-state index contributed by atoms with van der Waals surface area (Å²) in [4.78, 5) is 0. The molecular weight excluding hydrogens is 273 g/mol. The highest BCUT2D eigenvalue weighted by Crippen LogP contribution is 2.40. The predicted octanol–water partition coefficient (Wildman–Crippen LogP) is 3.63. The Bertz CT molecular complexity index is 754. The maximum Gasteiger partial charge on any atom is 0.101 e. The number of allylic oxidation sites excluding steroid dienone is 4. The van der Waals surface area contributed by atoms with E-state index in [1.165, 1.54) is 17.2 Å². The average molecular weight is 297 g/mol. The van der Waals surface area contributed by atoms with Crippen molar-refractivity contribution in [2.45, 2.75) is 39.5 Å². The van der Waals surface area contributed by atoms with E-state index in [1.54, 1.807) is 12.3 Å². The molecule has 1 nitrogen and oxygen atoms in total. The zero-order valence-electron chi connectivity index (χ0n) is 13.4. The molecule has 116 valence electrons. The van der Waals surface area contributed by atoms with Crippen molar-refractivity contribution in [2.75, 3.05) is 0 Å². The van der Waals surface area contributed by atoms with E-state index in [0.29, 0.717) is 6.42 Å². The predicted molar refractivity (Wildman–Crippen MR) is 91.7 cm³/mol. The van der Waals surface area contributed by atoms with Gasteiger partial charge in [0.05, 0.1) is 0 Å². The van der Waals surface area contributed by atoms with Crippen LogP contribution in [0.25, 0.3) is 17.8 Å². The molecule has 0 bridgehead atoms. The molecule has 2 aliphatic carbocycles. The topological polar surface area (TPSA) is 26.0 Å². The number of halogens is 1. The van der Waals surface area contributed by atoms with Crippen LogP contribution in [0.15, 0.2) is 35.7 Å². The minimum Gasteiger partial charge on any atom is -0.404 e. The van der Waals surface area contributed by atoms with Crippen LogP contribution in [0.3, 0.4) is 0 Å². The van der Waals surface area contributed by atoms with Crippen molar-refractivity contribution >= 4 is 17.8 Å². The first-order valence-corrected chi connectivity index (χ1v) is 8.17. The lowest BCUT2D eigenvalue weighted by molar-refractivity contribution is 0.583. The van der Waals surface area contributed by atoms with Gasteiger partial charge in [0.25, 0.3) is 0 Å². The Hall–Kier alpha value is -1.83. The van der Waals surface area contributed by atoms with E-state index in [1.807, 2.05) is 0 Å². The van der Waals surface area contributed by atoms with Crippen LogP contribution in [0.4, 0.5) is 4.39 Å². The van der Waals surface area contributed by atoms with Gasteiger partial charge in [0.1, 0.15) is 5.83 Å². The molecule has 1 aromatic carbocycles. The molecule has 0 spiro atoms. The third-order valence-electron chi connectivity index (χ3n) is 4.99. The van der Waals surface area contributed by atoms with E-state index in [4.69, 9.17) is 5.73 Å². The van der Waals surface area contributed by atoms with Crippen molar-refractivity contribution in [1.82, 2.24) is 0 Å². The van der Waals surface area contributed by atoms with E-state index in [9.17, 15) is 4.39 Å². The number of hydrogen-bond donors (Lipinski definition) is 1. The summed E-state index contributed by atoms with van der Waals surface area (Å²) < 4.78 is 13.6. The zero-order chi connectivity index (χ0) is 15.7. The Morgan fingerprint density at radius 1 is 1.27 bits per heavy atom. The smallest absolute Gasteiger partial charge is 0.101 e. The normalized spacial score (nSPS) is 26.4. The van der Waals surface area contributed by atoms with E-state index in [-0.39, 0.29) is 5.83 Å². The highest BCUT2D eigenvalue weighted by atomic mass is 19.1. The van der Waals surface area contributed by atoms with E-state index < -0.39 is 0 Å². The fourth-order valence-corrected chi connectivity index (χ4v) is 3.20. The van der Waals surface area contributed by atoms with Gasteiger partial charge in [-0.25, -0.2) is 4.39 Å². The molecule has 0 aromatic heterocycles. The summed E-state index contributed by atoms with van der Waals surface area (Å²) in [5.74, 6) is 1.67. The molecule has 3 rings (SSSR count). The second-order valence-corrected chi connectivity index (χ2v) is 6.71. The fourth-order valence-electron chi connectivity index (χ4n) is 3.20. The van der Waals surface area contributed by atoms with Crippen LogP contribution >= 0.6 is 0 Å². The fraction of sp³-hybridized carbons (Fsp3) is 0.400. The quantitative estimate of drug-likeness (QED) is 0.906. The highest BCUT2D eigenvalue weighted by Gasteiger charge is 2.30. The van der Waals surface area contributed by atoms with E-state index in [2.05, 4.69) is 38.1 Å². The monoisotopic (exact) mass is 297 g/mol. The van der Waals surface area contributed by atoms with Crippen molar-refractivity contribution in [3.05, 3.63) is 51.7 Å². The van der Waals surface area contributed by atoms with E-state index in [0.717, 1.165) is 41.0 Å². The van der Waals surface area contributed by atoms with Gasteiger partial charge in [0.15, 0.2) is 0 Å². The molecule has 2 N–H and O–H groups in total. The maximum atomic E-state index is 13.6. The lowest BCUT2D eigenvalue weighted by Gasteiger charge is -2.14. The van der Waals surface area contributed by atoms with Gasteiger partial charge in [-0.1, -0.05) is 30.7 Å². The Morgan fingerprint density at radius 2 is 2.05 bits per heavy atom. The van der Waals surface area contributed by atoms with Crippen LogP contribution < -0.4 is 16.2 Å². The largest absolute Gasteiger partial charge is 0.404 e.